The number of benzene rings is 1. The SMILES string of the molecule is Cn1cc(-c2ccncc2/C=C/C(=O)Nc2ccc3[nH]ncc3c2)cn1. The van der Waals surface area contributed by atoms with E-state index in [4.69, 9.17) is 0 Å². The van der Waals surface area contributed by atoms with E-state index in [9.17, 15) is 4.79 Å². The van der Waals surface area contributed by atoms with Gasteiger partial charge in [0.1, 0.15) is 0 Å². The first-order valence-corrected chi connectivity index (χ1v) is 8.04. The van der Waals surface area contributed by atoms with Gasteiger partial charge in [0.05, 0.1) is 17.9 Å². The highest BCUT2D eigenvalue weighted by Crippen LogP contribution is 2.23. The number of nitrogens with one attached hydrogen (secondary N) is 2. The lowest BCUT2D eigenvalue weighted by atomic mass is 10.0. The van der Waals surface area contributed by atoms with Crippen molar-refractivity contribution in [2.45, 2.75) is 0 Å². The molecule has 4 aromatic rings. The number of carbonyl (C=O) groups is 1. The number of aryl methyl sites for hydroxylation is 1. The first-order chi connectivity index (χ1) is 12.7. The molecule has 0 spiro atoms. The quantitative estimate of drug-likeness (QED) is 0.557. The average molecular weight is 344 g/mol. The van der Waals surface area contributed by atoms with Gasteiger partial charge >= 0.3 is 0 Å². The van der Waals surface area contributed by atoms with E-state index >= 15 is 0 Å². The number of anilines is 1. The largest absolute Gasteiger partial charge is 0.322 e. The summed E-state index contributed by atoms with van der Waals surface area (Å²) in [4.78, 5) is 16.4. The van der Waals surface area contributed by atoms with E-state index in [1.807, 2.05) is 37.5 Å². The maximum atomic E-state index is 12.3. The van der Waals surface area contributed by atoms with Crippen LogP contribution in [0.3, 0.4) is 0 Å². The third kappa shape index (κ3) is 3.23. The van der Waals surface area contributed by atoms with E-state index in [-0.39, 0.29) is 5.91 Å². The fourth-order valence-corrected chi connectivity index (χ4v) is 2.73. The Labute approximate surface area is 149 Å². The topological polar surface area (TPSA) is 88.5 Å². The van der Waals surface area contributed by atoms with Gasteiger partial charge in [0.15, 0.2) is 0 Å². The number of pyridine rings is 1. The van der Waals surface area contributed by atoms with Crippen LogP contribution in [-0.2, 0) is 11.8 Å². The fraction of sp³-hybridized carbons (Fsp3) is 0.0526. The number of hydrogen-bond acceptors (Lipinski definition) is 4. The Morgan fingerprint density at radius 1 is 1.23 bits per heavy atom. The number of aromatic nitrogens is 5. The van der Waals surface area contributed by atoms with Crippen molar-refractivity contribution < 1.29 is 4.79 Å². The standard InChI is InChI=1S/C19H16N6O/c1-25-12-15(11-22-25)17-6-7-20-9-13(17)2-5-19(26)23-16-3-4-18-14(8-16)10-21-24-18/h2-12H,1H3,(H,21,24)(H,23,26)/b5-2+. The molecule has 7 heteroatoms. The smallest absolute Gasteiger partial charge is 0.248 e. The molecule has 3 aromatic heterocycles. The van der Waals surface area contributed by atoms with Gasteiger partial charge in [0.25, 0.3) is 0 Å². The van der Waals surface area contributed by atoms with Gasteiger partial charge in [-0.05, 0) is 35.9 Å². The van der Waals surface area contributed by atoms with Gasteiger partial charge in [-0.3, -0.25) is 19.6 Å². The summed E-state index contributed by atoms with van der Waals surface area (Å²) in [5.74, 6) is -0.214. The van der Waals surface area contributed by atoms with Crippen molar-refractivity contribution in [3.05, 3.63) is 66.9 Å². The third-order valence-corrected chi connectivity index (χ3v) is 3.99. The molecule has 0 atom stereocenters. The van der Waals surface area contributed by atoms with E-state index in [2.05, 4.69) is 25.6 Å². The molecule has 4 rings (SSSR count). The molecule has 0 aliphatic heterocycles. The second-order valence-electron chi connectivity index (χ2n) is 5.86. The zero-order chi connectivity index (χ0) is 17.9. The van der Waals surface area contributed by atoms with Gasteiger partial charge in [-0.15, -0.1) is 0 Å². The van der Waals surface area contributed by atoms with Gasteiger partial charge in [-0.2, -0.15) is 10.2 Å². The summed E-state index contributed by atoms with van der Waals surface area (Å²) < 4.78 is 1.74. The number of hydrogen-bond donors (Lipinski definition) is 2. The van der Waals surface area contributed by atoms with Gasteiger partial charge in [0.2, 0.25) is 5.91 Å². The van der Waals surface area contributed by atoms with Gasteiger partial charge in [-0.25, -0.2) is 0 Å². The maximum Gasteiger partial charge on any atom is 0.248 e. The lowest BCUT2D eigenvalue weighted by molar-refractivity contribution is -0.111. The molecule has 0 aliphatic carbocycles. The van der Waals surface area contributed by atoms with Crippen molar-refractivity contribution in [2.75, 3.05) is 5.32 Å². The fourth-order valence-electron chi connectivity index (χ4n) is 2.73. The zero-order valence-corrected chi connectivity index (χ0v) is 14.0. The van der Waals surface area contributed by atoms with Crippen LogP contribution < -0.4 is 5.32 Å². The van der Waals surface area contributed by atoms with Crippen molar-refractivity contribution in [1.82, 2.24) is 25.0 Å². The normalized spacial score (nSPS) is 11.3. The van der Waals surface area contributed by atoms with Crippen LogP contribution in [0, 0.1) is 0 Å². The molecular weight excluding hydrogens is 328 g/mol. The molecule has 1 amide bonds. The summed E-state index contributed by atoms with van der Waals surface area (Å²) in [6, 6.07) is 7.48. The molecule has 0 saturated carbocycles. The van der Waals surface area contributed by atoms with Crippen LogP contribution >= 0.6 is 0 Å². The van der Waals surface area contributed by atoms with E-state index in [1.165, 1.54) is 6.08 Å². The molecular formula is C19H16N6O. The minimum absolute atomic E-state index is 0.214. The van der Waals surface area contributed by atoms with Crippen LogP contribution in [0.2, 0.25) is 0 Å². The molecule has 0 unspecified atom stereocenters. The number of fused-ring (bicyclic) bond motifs is 1. The predicted octanol–water partition coefficient (Wildman–Crippen LogP) is 3.01. The van der Waals surface area contributed by atoms with Crippen molar-refractivity contribution in [3.8, 4) is 11.1 Å². The van der Waals surface area contributed by atoms with E-state index < -0.39 is 0 Å². The molecule has 3 heterocycles. The highest BCUT2D eigenvalue weighted by molar-refractivity contribution is 6.03. The summed E-state index contributed by atoms with van der Waals surface area (Å²) >= 11 is 0. The molecule has 0 bridgehead atoms. The monoisotopic (exact) mass is 344 g/mol. The molecule has 0 fully saturated rings. The number of aromatic amines is 1. The van der Waals surface area contributed by atoms with Crippen molar-refractivity contribution >= 4 is 28.6 Å². The van der Waals surface area contributed by atoms with Crippen LogP contribution in [0.25, 0.3) is 28.1 Å². The van der Waals surface area contributed by atoms with E-state index in [0.29, 0.717) is 5.69 Å². The molecule has 128 valence electrons. The minimum Gasteiger partial charge on any atom is -0.322 e. The number of H-pyrrole nitrogens is 1. The molecule has 0 radical (unpaired) electrons. The molecule has 2 N–H and O–H groups in total. The number of rotatable bonds is 4. The first-order valence-electron chi connectivity index (χ1n) is 8.04. The second-order valence-corrected chi connectivity index (χ2v) is 5.86. The first kappa shape index (κ1) is 15.8. The molecule has 7 nitrogen and oxygen atoms in total. The van der Waals surface area contributed by atoms with Crippen LogP contribution in [0.1, 0.15) is 5.56 Å². The molecule has 1 aromatic carbocycles. The van der Waals surface area contributed by atoms with Crippen LogP contribution in [0.15, 0.2) is 61.3 Å². The number of nitrogens with zero attached hydrogens (tertiary/aromatic N) is 4. The summed E-state index contributed by atoms with van der Waals surface area (Å²) in [6.45, 7) is 0. The summed E-state index contributed by atoms with van der Waals surface area (Å²) in [5.41, 5.74) is 4.43. The Balaban J connectivity index is 1.53. The number of carbonyl (C=O) groups excluding carboxylic acids is 1. The van der Waals surface area contributed by atoms with E-state index in [0.717, 1.165) is 27.6 Å². The lowest BCUT2D eigenvalue weighted by Gasteiger charge is -2.04. The lowest BCUT2D eigenvalue weighted by Crippen LogP contribution is -2.07. The van der Waals surface area contributed by atoms with Crippen LogP contribution in [0.5, 0.6) is 0 Å². The predicted molar refractivity (Wildman–Crippen MR) is 100 cm³/mol. The van der Waals surface area contributed by atoms with Crippen molar-refractivity contribution in [2.24, 2.45) is 7.05 Å². The average Bonchev–Trinajstić information content (AvgIpc) is 3.28. The number of amides is 1. The zero-order valence-electron chi connectivity index (χ0n) is 14.0. The minimum atomic E-state index is -0.214. The maximum absolute atomic E-state index is 12.3. The van der Waals surface area contributed by atoms with Crippen LogP contribution in [-0.4, -0.2) is 30.9 Å². The summed E-state index contributed by atoms with van der Waals surface area (Å²) in [5, 5.41) is 14.8. The Hall–Kier alpha value is -3.74. The van der Waals surface area contributed by atoms with Gasteiger partial charge in [0, 0.05) is 53.9 Å². The van der Waals surface area contributed by atoms with Crippen molar-refractivity contribution in [3.63, 3.8) is 0 Å². The molecule has 0 aliphatic rings. The van der Waals surface area contributed by atoms with E-state index in [1.54, 1.807) is 35.5 Å². The molecule has 0 saturated heterocycles. The summed E-state index contributed by atoms with van der Waals surface area (Å²) in [6.07, 6.45) is 12.1. The second kappa shape index (κ2) is 6.64. The highest BCUT2D eigenvalue weighted by Gasteiger charge is 2.06. The Kier molecular flexibility index (Phi) is 4.03. The highest BCUT2D eigenvalue weighted by atomic mass is 16.1. The van der Waals surface area contributed by atoms with Crippen molar-refractivity contribution in [1.29, 1.82) is 0 Å². The van der Waals surface area contributed by atoms with Gasteiger partial charge < -0.3 is 5.32 Å². The van der Waals surface area contributed by atoms with Crippen LogP contribution in [0.4, 0.5) is 5.69 Å². The third-order valence-electron chi connectivity index (χ3n) is 3.99. The molecule has 26 heavy (non-hydrogen) atoms. The Bertz CT molecular complexity index is 1110. The Morgan fingerprint density at radius 3 is 3.00 bits per heavy atom. The van der Waals surface area contributed by atoms with Gasteiger partial charge in [-0.1, -0.05) is 0 Å². The summed E-state index contributed by atoms with van der Waals surface area (Å²) in [7, 11) is 1.87. The Morgan fingerprint density at radius 2 is 2.15 bits per heavy atom.